The third-order valence-electron chi connectivity index (χ3n) is 2.72. The fourth-order valence-corrected chi connectivity index (χ4v) is 1.88. The molecule has 2 aromatic rings. The molecule has 0 spiro atoms. The molecule has 0 amide bonds. The number of hydrogen-bond donors (Lipinski definition) is 0. The minimum absolute atomic E-state index is 0.332. The number of aryl methyl sites for hydroxylation is 1. The zero-order chi connectivity index (χ0) is 14.8. The second kappa shape index (κ2) is 5.45. The molecular weight excluding hydrogens is 250 g/mol. The Kier molecular flexibility index (Phi) is 3.89. The molecule has 0 atom stereocenters. The largest absolute Gasteiger partial charge is 0.455 e. The lowest BCUT2D eigenvalue weighted by Crippen LogP contribution is -2.24. The highest BCUT2D eigenvalue weighted by molar-refractivity contribution is 5.89. The van der Waals surface area contributed by atoms with Gasteiger partial charge in [-0.25, -0.2) is 9.78 Å². The lowest BCUT2D eigenvalue weighted by Gasteiger charge is -2.19. The van der Waals surface area contributed by atoms with Gasteiger partial charge in [0.05, 0.1) is 0 Å². The molecule has 0 aliphatic heterocycles. The Balaban J connectivity index is 2.31. The number of carbonyl (C=O) groups excluding carboxylic acids is 1. The summed E-state index contributed by atoms with van der Waals surface area (Å²) in [5, 5.41) is 0. The molecule has 0 fully saturated rings. The predicted molar refractivity (Wildman–Crippen MR) is 79.6 cm³/mol. The first-order valence-electron chi connectivity index (χ1n) is 6.61. The molecule has 1 aromatic carbocycles. The van der Waals surface area contributed by atoms with Crippen molar-refractivity contribution in [3.05, 3.63) is 53.9 Å². The van der Waals surface area contributed by atoms with Crippen LogP contribution in [0.2, 0.25) is 0 Å². The Morgan fingerprint density at radius 1 is 1.10 bits per heavy atom. The number of ether oxygens (including phenoxy) is 1. The number of rotatable bonds is 2. The van der Waals surface area contributed by atoms with Gasteiger partial charge in [0.25, 0.3) is 0 Å². The molecule has 1 heterocycles. The number of pyridine rings is 1. The van der Waals surface area contributed by atoms with Crippen LogP contribution >= 0.6 is 0 Å². The van der Waals surface area contributed by atoms with E-state index in [-0.39, 0.29) is 0 Å². The molecule has 3 nitrogen and oxygen atoms in total. The van der Waals surface area contributed by atoms with Crippen molar-refractivity contribution in [1.29, 1.82) is 0 Å². The fraction of sp³-hybridized carbons (Fsp3) is 0.294. The molecular formula is C17H19NO2. The summed E-state index contributed by atoms with van der Waals surface area (Å²) in [6.45, 7) is 7.57. The van der Waals surface area contributed by atoms with Crippen LogP contribution < -0.4 is 0 Å². The van der Waals surface area contributed by atoms with E-state index in [0.717, 1.165) is 11.1 Å². The van der Waals surface area contributed by atoms with Crippen molar-refractivity contribution in [2.24, 2.45) is 0 Å². The van der Waals surface area contributed by atoms with Crippen LogP contribution in [0.5, 0.6) is 0 Å². The first kappa shape index (κ1) is 14.3. The minimum atomic E-state index is -0.516. The van der Waals surface area contributed by atoms with Crippen LogP contribution in [0, 0.1) is 6.92 Å². The van der Waals surface area contributed by atoms with E-state index in [1.165, 1.54) is 5.56 Å². The molecule has 0 unspecified atom stereocenters. The number of aromatic nitrogens is 1. The van der Waals surface area contributed by atoms with Crippen molar-refractivity contribution in [3.8, 4) is 11.1 Å². The fourth-order valence-electron chi connectivity index (χ4n) is 1.88. The first-order chi connectivity index (χ1) is 9.35. The van der Waals surface area contributed by atoms with Gasteiger partial charge in [0.1, 0.15) is 11.3 Å². The predicted octanol–water partition coefficient (Wildman–Crippen LogP) is 4.01. The molecule has 1 aromatic heterocycles. The van der Waals surface area contributed by atoms with Crippen molar-refractivity contribution in [2.45, 2.75) is 33.3 Å². The van der Waals surface area contributed by atoms with Gasteiger partial charge in [-0.1, -0.05) is 29.8 Å². The Bertz CT molecular complexity index is 627. The van der Waals surface area contributed by atoms with E-state index in [4.69, 9.17) is 4.74 Å². The van der Waals surface area contributed by atoms with Crippen LogP contribution in [0.15, 0.2) is 42.6 Å². The van der Waals surface area contributed by atoms with Gasteiger partial charge >= 0.3 is 5.97 Å². The van der Waals surface area contributed by atoms with Gasteiger partial charge in [0.2, 0.25) is 0 Å². The van der Waals surface area contributed by atoms with Crippen LogP contribution in [0.3, 0.4) is 0 Å². The summed E-state index contributed by atoms with van der Waals surface area (Å²) in [4.78, 5) is 16.1. The zero-order valence-electron chi connectivity index (χ0n) is 12.3. The molecule has 0 radical (unpaired) electrons. The van der Waals surface area contributed by atoms with E-state index in [2.05, 4.69) is 11.1 Å². The number of nitrogens with zero attached hydrogens (tertiary/aromatic N) is 1. The molecule has 0 bridgehead atoms. The van der Waals surface area contributed by atoms with Crippen molar-refractivity contribution in [1.82, 2.24) is 4.98 Å². The molecule has 104 valence electrons. The van der Waals surface area contributed by atoms with Gasteiger partial charge < -0.3 is 4.74 Å². The maximum atomic E-state index is 12.0. The Hall–Kier alpha value is -2.16. The van der Waals surface area contributed by atoms with Crippen molar-refractivity contribution in [2.75, 3.05) is 0 Å². The molecule has 0 aliphatic rings. The molecule has 2 rings (SSSR count). The number of hydrogen-bond acceptors (Lipinski definition) is 3. The summed E-state index contributed by atoms with van der Waals surface area (Å²) in [6, 6.07) is 11.8. The maximum Gasteiger partial charge on any atom is 0.357 e. The maximum absolute atomic E-state index is 12.0. The quantitative estimate of drug-likeness (QED) is 0.773. The van der Waals surface area contributed by atoms with Crippen LogP contribution in [0.4, 0.5) is 0 Å². The lowest BCUT2D eigenvalue weighted by molar-refractivity contribution is 0.00629. The van der Waals surface area contributed by atoms with Gasteiger partial charge in [-0.15, -0.1) is 0 Å². The Morgan fingerprint density at radius 3 is 2.45 bits per heavy atom. The summed E-state index contributed by atoms with van der Waals surface area (Å²) < 4.78 is 5.34. The van der Waals surface area contributed by atoms with Gasteiger partial charge in [0.15, 0.2) is 0 Å². The molecule has 0 N–H and O–H groups in total. The topological polar surface area (TPSA) is 39.2 Å². The van der Waals surface area contributed by atoms with Gasteiger partial charge in [-0.2, -0.15) is 0 Å². The third kappa shape index (κ3) is 3.67. The Labute approximate surface area is 119 Å². The average molecular weight is 269 g/mol. The van der Waals surface area contributed by atoms with E-state index in [1.54, 1.807) is 12.3 Å². The number of esters is 1. The van der Waals surface area contributed by atoms with Gasteiger partial charge in [-0.3, -0.25) is 0 Å². The second-order valence-electron chi connectivity index (χ2n) is 5.80. The number of carbonyl (C=O) groups is 1. The Morgan fingerprint density at radius 2 is 1.80 bits per heavy atom. The third-order valence-corrected chi connectivity index (χ3v) is 2.72. The summed E-state index contributed by atoms with van der Waals surface area (Å²) in [5.41, 5.74) is 3.02. The monoisotopic (exact) mass is 269 g/mol. The van der Waals surface area contributed by atoms with Crippen molar-refractivity contribution >= 4 is 5.97 Å². The number of benzene rings is 1. The highest BCUT2D eigenvalue weighted by atomic mass is 16.6. The van der Waals surface area contributed by atoms with Crippen molar-refractivity contribution < 1.29 is 9.53 Å². The molecule has 0 saturated carbocycles. The molecule has 0 aliphatic carbocycles. The van der Waals surface area contributed by atoms with E-state index in [1.807, 2.05) is 52.0 Å². The summed E-state index contributed by atoms with van der Waals surface area (Å²) in [5.74, 6) is -0.396. The van der Waals surface area contributed by atoms with E-state index < -0.39 is 11.6 Å². The summed E-state index contributed by atoms with van der Waals surface area (Å²) in [6.07, 6.45) is 1.64. The average Bonchev–Trinajstić information content (AvgIpc) is 2.37. The van der Waals surface area contributed by atoms with Crippen LogP contribution in [-0.4, -0.2) is 16.6 Å². The molecule has 0 saturated heterocycles. The first-order valence-corrected chi connectivity index (χ1v) is 6.61. The summed E-state index contributed by atoms with van der Waals surface area (Å²) in [7, 11) is 0. The van der Waals surface area contributed by atoms with Crippen LogP contribution in [0.1, 0.15) is 36.8 Å². The van der Waals surface area contributed by atoms with E-state index in [0.29, 0.717) is 5.69 Å². The van der Waals surface area contributed by atoms with Crippen LogP contribution in [-0.2, 0) is 4.74 Å². The zero-order valence-corrected chi connectivity index (χ0v) is 12.3. The van der Waals surface area contributed by atoms with Gasteiger partial charge in [0, 0.05) is 6.20 Å². The highest BCUT2D eigenvalue weighted by Gasteiger charge is 2.19. The standard InChI is InChI=1S/C17H19NO2/c1-12-6-5-7-13(10-12)14-8-9-18-15(11-14)16(19)20-17(2,3)4/h5-11H,1-4H3. The van der Waals surface area contributed by atoms with E-state index >= 15 is 0 Å². The second-order valence-corrected chi connectivity index (χ2v) is 5.80. The molecule has 20 heavy (non-hydrogen) atoms. The van der Waals surface area contributed by atoms with E-state index in [9.17, 15) is 4.79 Å². The van der Waals surface area contributed by atoms with Gasteiger partial charge in [-0.05, 0) is 51.0 Å². The normalized spacial score (nSPS) is 11.2. The minimum Gasteiger partial charge on any atom is -0.455 e. The lowest BCUT2D eigenvalue weighted by atomic mass is 10.0. The smallest absolute Gasteiger partial charge is 0.357 e. The highest BCUT2D eigenvalue weighted by Crippen LogP contribution is 2.21. The SMILES string of the molecule is Cc1cccc(-c2ccnc(C(=O)OC(C)(C)C)c2)c1. The summed E-state index contributed by atoms with van der Waals surface area (Å²) >= 11 is 0. The van der Waals surface area contributed by atoms with Crippen LogP contribution in [0.25, 0.3) is 11.1 Å². The van der Waals surface area contributed by atoms with Crippen molar-refractivity contribution in [3.63, 3.8) is 0 Å². The molecule has 3 heteroatoms.